The zero-order valence-electron chi connectivity index (χ0n) is 18.1. The van der Waals surface area contributed by atoms with Crippen LogP contribution in [-0.4, -0.2) is 30.2 Å². The van der Waals surface area contributed by atoms with Crippen molar-refractivity contribution in [3.05, 3.63) is 65.2 Å². The van der Waals surface area contributed by atoms with Crippen molar-refractivity contribution in [3.8, 4) is 0 Å². The molecule has 0 bridgehead atoms. The Labute approximate surface area is 182 Å². The van der Waals surface area contributed by atoms with Crippen LogP contribution in [0.5, 0.6) is 0 Å². The maximum atomic E-state index is 12.4. The Morgan fingerprint density at radius 3 is 2.61 bits per heavy atom. The van der Waals surface area contributed by atoms with Gasteiger partial charge in [-0.2, -0.15) is 0 Å². The van der Waals surface area contributed by atoms with Crippen molar-refractivity contribution in [1.29, 1.82) is 0 Å². The molecule has 2 N–H and O–H groups in total. The van der Waals surface area contributed by atoms with Gasteiger partial charge in [-0.3, -0.25) is 10.1 Å². The number of esters is 1. The highest BCUT2D eigenvalue weighted by Crippen LogP contribution is 2.29. The van der Waals surface area contributed by atoms with Crippen molar-refractivity contribution < 1.29 is 23.9 Å². The molecule has 0 unspecified atom stereocenters. The Balaban J connectivity index is 1.53. The van der Waals surface area contributed by atoms with E-state index in [1.165, 1.54) is 11.6 Å². The summed E-state index contributed by atoms with van der Waals surface area (Å²) in [5.41, 5.74) is 2.35. The van der Waals surface area contributed by atoms with E-state index in [0.717, 1.165) is 24.8 Å². The third kappa shape index (κ3) is 6.57. The van der Waals surface area contributed by atoms with Gasteiger partial charge in [-0.25, -0.2) is 9.59 Å². The van der Waals surface area contributed by atoms with E-state index in [2.05, 4.69) is 16.7 Å². The molecule has 1 aliphatic rings. The van der Waals surface area contributed by atoms with Crippen LogP contribution in [0.2, 0.25) is 0 Å². The molecule has 7 nitrogen and oxygen atoms in total. The molecule has 3 rings (SSSR count). The molecular weight excluding hydrogens is 396 g/mol. The minimum Gasteiger partial charge on any atom is -0.452 e. The highest BCUT2D eigenvalue weighted by molar-refractivity contribution is 5.93. The van der Waals surface area contributed by atoms with Crippen LogP contribution in [0, 0.1) is 0 Å². The lowest BCUT2D eigenvalue weighted by Crippen LogP contribution is -2.34. The van der Waals surface area contributed by atoms with Crippen LogP contribution in [-0.2, 0) is 20.7 Å². The normalized spacial score (nSPS) is 15.4. The quantitative estimate of drug-likeness (QED) is 0.695. The van der Waals surface area contributed by atoms with E-state index in [9.17, 15) is 14.4 Å². The summed E-state index contributed by atoms with van der Waals surface area (Å²) in [4.78, 5) is 36.6. The molecule has 0 fully saturated rings. The summed E-state index contributed by atoms with van der Waals surface area (Å²) in [7, 11) is 0. The van der Waals surface area contributed by atoms with Crippen LogP contribution in [0.1, 0.15) is 61.1 Å². The maximum absolute atomic E-state index is 12.4. The zero-order valence-corrected chi connectivity index (χ0v) is 18.1. The fourth-order valence-corrected chi connectivity index (χ4v) is 3.50. The Bertz CT molecular complexity index is 964. The van der Waals surface area contributed by atoms with Gasteiger partial charge in [0, 0.05) is 5.69 Å². The summed E-state index contributed by atoms with van der Waals surface area (Å²) in [6.45, 7) is 4.91. The number of ether oxygens (including phenoxy) is 2. The lowest BCUT2D eigenvalue weighted by atomic mass is 9.88. The molecule has 0 aliphatic heterocycles. The standard InChI is InChI=1S/C24H28N2O5/c1-24(2,3)31-23(29)25-18-11-6-10-17(14-18)22(28)30-15-21(27)26-20-13-7-9-16-8-4-5-12-19(16)20/h4-6,8,10-12,14,20H,7,9,13,15H2,1-3H3,(H,25,29)(H,26,27)/t20-/m1/s1. The first kappa shape index (κ1) is 22.3. The first-order valence-electron chi connectivity index (χ1n) is 10.4. The summed E-state index contributed by atoms with van der Waals surface area (Å²) in [5.74, 6) is -0.995. The summed E-state index contributed by atoms with van der Waals surface area (Å²) in [5, 5.41) is 5.53. The smallest absolute Gasteiger partial charge is 0.412 e. The number of aryl methyl sites for hydroxylation is 1. The second-order valence-electron chi connectivity index (χ2n) is 8.49. The number of hydrogen-bond donors (Lipinski definition) is 2. The molecule has 1 aliphatic carbocycles. The molecule has 2 aromatic rings. The van der Waals surface area contributed by atoms with Gasteiger partial charge in [0.1, 0.15) is 5.60 Å². The molecule has 0 spiro atoms. The van der Waals surface area contributed by atoms with Gasteiger partial charge >= 0.3 is 12.1 Å². The van der Waals surface area contributed by atoms with Crippen LogP contribution < -0.4 is 10.6 Å². The van der Waals surface area contributed by atoms with Crippen molar-refractivity contribution in [2.24, 2.45) is 0 Å². The molecule has 2 amide bonds. The van der Waals surface area contributed by atoms with Crippen molar-refractivity contribution in [1.82, 2.24) is 5.32 Å². The Morgan fingerprint density at radius 2 is 1.84 bits per heavy atom. The summed E-state index contributed by atoms with van der Waals surface area (Å²) < 4.78 is 10.4. The van der Waals surface area contributed by atoms with Gasteiger partial charge in [0.15, 0.2) is 6.61 Å². The molecule has 0 saturated carbocycles. The highest BCUT2D eigenvalue weighted by Gasteiger charge is 2.22. The summed E-state index contributed by atoms with van der Waals surface area (Å²) in [6.07, 6.45) is 2.24. The van der Waals surface area contributed by atoms with Crippen molar-refractivity contribution >= 4 is 23.7 Å². The van der Waals surface area contributed by atoms with Gasteiger partial charge in [0.25, 0.3) is 5.91 Å². The predicted octanol–water partition coefficient (Wildman–Crippen LogP) is 4.38. The van der Waals surface area contributed by atoms with Crippen LogP contribution in [0.3, 0.4) is 0 Å². The van der Waals surface area contributed by atoms with Crippen molar-refractivity contribution in [3.63, 3.8) is 0 Å². The molecule has 0 saturated heterocycles. The van der Waals surface area contributed by atoms with Gasteiger partial charge in [0.05, 0.1) is 11.6 Å². The second-order valence-corrected chi connectivity index (χ2v) is 8.49. The number of fused-ring (bicyclic) bond motifs is 1. The van der Waals surface area contributed by atoms with E-state index in [1.807, 2.05) is 18.2 Å². The topological polar surface area (TPSA) is 93.7 Å². The number of carbonyl (C=O) groups is 3. The monoisotopic (exact) mass is 424 g/mol. The van der Waals surface area contributed by atoms with Gasteiger partial charge in [-0.1, -0.05) is 30.3 Å². The molecule has 1 atom stereocenters. The van der Waals surface area contributed by atoms with Gasteiger partial charge in [-0.05, 0) is 69.4 Å². The number of amides is 2. The highest BCUT2D eigenvalue weighted by atomic mass is 16.6. The van der Waals surface area contributed by atoms with E-state index in [4.69, 9.17) is 9.47 Å². The van der Waals surface area contributed by atoms with E-state index < -0.39 is 17.7 Å². The lowest BCUT2D eigenvalue weighted by molar-refractivity contribution is -0.125. The number of nitrogens with one attached hydrogen (secondary N) is 2. The van der Waals surface area contributed by atoms with Crippen LogP contribution in [0.4, 0.5) is 10.5 Å². The minimum absolute atomic E-state index is 0.0718. The Morgan fingerprint density at radius 1 is 1.06 bits per heavy atom. The third-order valence-electron chi connectivity index (χ3n) is 4.78. The van der Waals surface area contributed by atoms with E-state index in [0.29, 0.717) is 5.69 Å². The zero-order chi connectivity index (χ0) is 22.4. The molecule has 0 radical (unpaired) electrons. The number of rotatable bonds is 5. The number of carbonyl (C=O) groups excluding carboxylic acids is 3. The van der Waals surface area contributed by atoms with Crippen molar-refractivity contribution in [2.75, 3.05) is 11.9 Å². The fraction of sp³-hybridized carbons (Fsp3) is 0.375. The van der Waals surface area contributed by atoms with Gasteiger partial charge in [-0.15, -0.1) is 0 Å². The average molecular weight is 424 g/mol. The third-order valence-corrected chi connectivity index (χ3v) is 4.78. The van der Waals surface area contributed by atoms with E-state index >= 15 is 0 Å². The number of hydrogen-bond acceptors (Lipinski definition) is 5. The van der Waals surface area contributed by atoms with E-state index in [1.54, 1.807) is 39.0 Å². The Kier molecular flexibility index (Phi) is 6.95. The molecule has 2 aromatic carbocycles. The van der Waals surface area contributed by atoms with Crippen LogP contribution in [0.25, 0.3) is 0 Å². The average Bonchev–Trinajstić information content (AvgIpc) is 2.71. The molecular formula is C24H28N2O5. The van der Waals surface area contributed by atoms with Crippen molar-refractivity contribution in [2.45, 2.75) is 51.7 Å². The lowest BCUT2D eigenvalue weighted by Gasteiger charge is -2.26. The van der Waals surface area contributed by atoms with Crippen LogP contribution in [0.15, 0.2) is 48.5 Å². The van der Waals surface area contributed by atoms with E-state index in [-0.39, 0.29) is 24.1 Å². The molecule has 164 valence electrons. The predicted molar refractivity (Wildman–Crippen MR) is 117 cm³/mol. The SMILES string of the molecule is CC(C)(C)OC(=O)Nc1cccc(C(=O)OCC(=O)N[C@@H]2CCCc3ccccc32)c1. The largest absolute Gasteiger partial charge is 0.452 e. The minimum atomic E-state index is -0.646. The molecule has 31 heavy (non-hydrogen) atoms. The maximum Gasteiger partial charge on any atom is 0.412 e. The number of anilines is 1. The Hall–Kier alpha value is -3.35. The first-order chi connectivity index (χ1) is 14.7. The summed E-state index contributed by atoms with van der Waals surface area (Å²) in [6, 6.07) is 14.3. The van der Waals surface area contributed by atoms with Gasteiger partial charge in [0.2, 0.25) is 0 Å². The molecule has 7 heteroatoms. The van der Waals surface area contributed by atoms with Crippen LogP contribution >= 0.6 is 0 Å². The fourth-order valence-electron chi connectivity index (χ4n) is 3.50. The number of benzene rings is 2. The molecule has 0 heterocycles. The second kappa shape index (κ2) is 9.64. The van der Waals surface area contributed by atoms with Gasteiger partial charge < -0.3 is 14.8 Å². The molecule has 0 aromatic heterocycles. The first-order valence-corrected chi connectivity index (χ1v) is 10.4. The summed E-state index contributed by atoms with van der Waals surface area (Å²) >= 11 is 0.